The minimum absolute atomic E-state index is 0.0175. The van der Waals surface area contributed by atoms with Crippen LogP contribution in [0.1, 0.15) is 23.2 Å². The van der Waals surface area contributed by atoms with Crippen LogP contribution in [-0.2, 0) is 4.79 Å². The number of hydrogen-bond donors (Lipinski definition) is 1. The number of rotatable bonds is 8. The van der Waals surface area contributed by atoms with E-state index in [1.165, 1.54) is 20.3 Å². The molecule has 0 aliphatic rings. The molecule has 2 aromatic carbocycles. The first kappa shape index (κ1) is 19.6. The van der Waals surface area contributed by atoms with E-state index in [4.69, 9.17) is 25.8 Å². The number of Topliss-reactive ketones (excluding diaryl/α,β-unsaturated/α-hetero) is 1. The van der Waals surface area contributed by atoms with Crippen LogP contribution in [0.2, 0.25) is 5.02 Å². The molecule has 0 saturated carbocycles. The van der Waals surface area contributed by atoms with Crippen LogP contribution in [0.5, 0.6) is 17.2 Å². The molecule has 2 rings (SSSR count). The van der Waals surface area contributed by atoms with Gasteiger partial charge in [-0.05, 0) is 30.3 Å². The second kappa shape index (κ2) is 9.10. The molecule has 26 heavy (non-hydrogen) atoms. The largest absolute Gasteiger partial charge is 0.497 e. The van der Waals surface area contributed by atoms with Gasteiger partial charge in [0.1, 0.15) is 17.2 Å². The lowest BCUT2D eigenvalue weighted by molar-refractivity contribution is -0.116. The van der Waals surface area contributed by atoms with Crippen LogP contribution in [0.25, 0.3) is 0 Å². The summed E-state index contributed by atoms with van der Waals surface area (Å²) >= 11 is 5.93. The van der Waals surface area contributed by atoms with Crippen molar-refractivity contribution >= 4 is 29.0 Å². The van der Waals surface area contributed by atoms with Crippen molar-refractivity contribution in [2.45, 2.75) is 12.8 Å². The van der Waals surface area contributed by atoms with Gasteiger partial charge in [-0.3, -0.25) is 9.59 Å². The maximum atomic E-state index is 12.4. The Morgan fingerprint density at radius 2 is 1.65 bits per heavy atom. The highest BCUT2D eigenvalue weighted by Gasteiger charge is 2.15. The van der Waals surface area contributed by atoms with E-state index < -0.39 is 0 Å². The van der Waals surface area contributed by atoms with E-state index >= 15 is 0 Å². The number of anilines is 1. The number of benzene rings is 2. The summed E-state index contributed by atoms with van der Waals surface area (Å²) in [5.41, 5.74) is 0.862. The number of halogens is 1. The summed E-state index contributed by atoms with van der Waals surface area (Å²) in [4.78, 5) is 24.6. The molecule has 6 nitrogen and oxygen atoms in total. The van der Waals surface area contributed by atoms with Crippen molar-refractivity contribution in [2.24, 2.45) is 0 Å². The molecule has 0 aromatic heterocycles. The molecule has 1 amide bonds. The fourth-order valence-corrected chi connectivity index (χ4v) is 2.55. The lowest BCUT2D eigenvalue weighted by Crippen LogP contribution is -2.14. The quantitative estimate of drug-likeness (QED) is 0.704. The van der Waals surface area contributed by atoms with Gasteiger partial charge in [0.15, 0.2) is 5.78 Å². The van der Waals surface area contributed by atoms with Gasteiger partial charge in [0.25, 0.3) is 0 Å². The molecule has 0 atom stereocenters. The molecular formula is C19H20ClNO5. The molecule has 0 heterocycles. The Bertz CT molecular complexity index is 807. The molecule has 0 aliphatic carbocycles. The highest BCUT2D eigenvalue weighted by Crippen LogP contribution is 2.29. The molecule has 0 saturated heterocycles. The van der Waals surface area contributed by atoms with E-state index in [9.17, 15) is 9.59 Å². The molecule has 0 spiro atoms. The van der Waals surface area contributed by atoms with Gasteiger partial charge in [0, 0.05) is 23.9 Å². The number of nitrogens with one attached hydrogen (secondary N) is 1. The summed E-state index contributed by atoms with van der Waals surface area (Å²) in [6.45, 7) is 0. The number of carbonyl (C=O) groups is 2. The third-order valence-electron chi connectivity index (χ3n) is 3.72. The Kier molecular flexibility index (Phi) is 6.86. The zero-order valence-electron chi connectivity index (χ0n) is 14.8. The Morgan fingerprint density at radius 1 is 0.923 bits per heavy atom. The molecule has 0 radical (unpaired) electrons. The van der Waals surface area contributed by atoms with Gasteiger partial charge in [-0.15, -0.1) is 0 Å². The smallest absolute Gasteiger partial charge is 0.224 e. The van der Waals surface area contributed by atoms with Crippen molar-refractivity contribution in [3.05, 3.63) is 47.0 Å². The molecule has 1 N–H and O–H groups in total. The maximum absolute atomic E-state index is 12.4. The van der Waals surface area contributed by atoms with Crippen molar-refractivity contribution in [1.82, 2.24) is 0 Å². The Balaban J connectivity index is 2.01. The fraction of sp³-hybridized carbons (Fsp3) is 0.263. The highest BCUT2D eigenvalue weighted by molar-refractivity contribution is 6.31. The third-order valence-corrected chi connectivity index (χ3v) is 3.96. The number of carbonyl (C=O) groups excluding carboxylic acids is 2. The lowest BCUT2D eigenvalue weighted by Gasteiger charge is -2.12. The van der Waals surface area contributed by atoms with Gasteiger partial charge in [0.2, 0.25) is 5.91 Å². The Labute approximate surface area is 157 Å². The van der Waals surface area contributed by atoms with Crippen LogP contribution < -0.4 is 19.5 Å². The number of amides is 1. The second-order valence-corrected chi connectivity index (χ2v) is 5.82. The number of methoxy groups -OCH3 is 3. The molecule has 2 aromatic rings. The van der Waals surface area contributed by atoms with E-state index in [2.05, 4.69) is 5.32 Å². The van der Waals surface area contributed by atoms with Gasteiger partial charge in [-0.25, -0.2) is 0 Å². The fourth-order valence-electron chi connectivity index (χ4n) is 2.37. The van der Waals surface area contributed by atoms with Crippen molar-refractivity contribution in [1.29, 1.82) is 0 Å². The predicted octanol–water partition coefficient (Wildman–Crippen LogP) is 3.97. The summed E-state index contributed by atoms with van der Waals surface area (Å²) < 4.78 is 15.5. The average Bonchev–Trinajstić information content (AvgIpc) is 2.66. The van der Waals surface area contributed by atoms with Crippen molar-refractivity contribution in [3.63, 3.8) is 0 Å². The molecule has 0 fully saturated rings. The first-order valence-corrected chi connectivity index (χ1v) is 8.25. The van der Waals surface area contributed by atoms with E-state index in [0.717, 1.165) is 0 Å². The van der Waals surface area contributed by atoms with Gasteiger partial charge in [-0.1, -0.05) is 11.6 Å². The number of hydrogen-bond acceptors (Lipinski definition) is 5. The first-order chi connectivity index (χ1) is 12.5. The van der Waals surface area contributed by atoms with Crippen LogP contribution in [0, 0.1) is 0 Å². The summed E-state index contributed by atoms with van der Waals surface area (Å²) in [7, 11) is 4.52. The van der Waals surface area contributed by atoms with Crippen LogP contribution in [0.4, 0.5) is 5.69 Å². The molecule has 7 heteroatoms. The summed E-state index contributed by atoms with van der Waals surface area (Å²) in [5.74, 6) is 0.990. The molecule has 0 unspecified atom stereocenters. The van der Waals surface area contributed by atoms with Gasteiger partial charge in [-0.2, -0.15) is 0 Å². The SMILES string of the molecule is COc1ccc(NC(=O)CCC(=O)c2cc(Cl)ccc2OC)c(OC)c1. The summed E-state index contributed by atoms with van der Waals surface area (Å²) in [6.07, 6.45) is 0.0463. The Morgan fingerprint density at radius 3 is 2.31 bits per heavy atom. The number of ketones is 1. The van der Waals surface area contributed by atoms with Crippen LogP contribution in [-0.4, -0.2) is 33.0 Å². The third kappa shape index (κ3) is 4.89. The standard InChI is InChI=1S/C19H20ClNO5/c1-24-13-5-6-15(18(11-13)26-3)21-19(23)9-7-16(22)14-10-12(20)4-8-17(14)25-2/h4-6,8,10-11H,7,9H2,1-3H3,(H,21,23). The zero-order valence-corrected chi connectivity index (χ0v) is 15.6. The van der Waals surface area contributed by atoms with Crippen LogP contribution in [0.15, 0.2) is 36.4 Å². The molecular weight excluding hydrogens is 358 g/mol. The molecule has 0 aliphatic heterocycles. The van der Waals surface area contributed by atoms with E-state index in [-0.39, 0.29) is 24.5 Å². The first-order valence-electron chi connectivity index (χ1n) is 7.87. The normalized spacial score (nSPS) is 10.2. The summed E-state index contributed by atoms with van der Waals surface area (Å²) in [6, 6.07) is 9.85. The average molecular weight is 378 g/mol. The second-order valence-electron chi connectivity index (χ2n) is 5.38. The van der Waals surface area contributed by atoms with E-state index in [1.807, 2.05) is 0 Å². The van der Waals surface area contributed by atoms with Crippen molar-refractivity contribution < 1.29 is 23.8 Å². The van der Waals surface area contributed by atoms with Crippen LogP contribution in [0.3, 0.4) is 0 Å². The maximum Gasteiger partial charge on any atom is 0.224 e. The minimum atomic E-state index is -0.303. The van der Waals surface area contributed by atoms with Gasteiger partial charge in [0.05, 0.1) is 32.6 Å². The monoisotopic (exact) mass is 377 g/mol. The zero-order chi connectivity index (χ0) is 19.1. The van der Waals surface area contributed by atoms with E-state index in [0.29, 0.717) is 33.5 Å². The van der Waals surface area contributed by atoms with Crippen molar-refractivity contribution in [2.75, 3.05) is 26.6 Å². The van der Waals surface area contributed by atoms with Gasteiger partial charge < -0.3 is 19.5 Å². The number of ether oxygens (including phenoxy) is 3. The van der Waals surface area contributed by atoms with E-state index in [1.54, 1.807) is 37.4 Å². The predicted molar refractivity (Wildman–Crippen MR) is 99.7 cm³/mol. The van der Waals surface area contributed by atoms with Crippen molar-refractivity contribution in [3.8, 4) is 17.2 Å². The van der Waals surface area contributed by atoms with Gasteiger partial charge >= 0.3 is 0 Å². The minimum Gasteiger partial charge on any atom is -0.497 e. The topological polar surface area (TPSA) is 73.9 Å². The summed E-state index contributed by atoms with van der Waals surface area (Å²) in [5, 5.41) is 3.16. The molecule has 138 valence electrons. The lowest BCUT2D eigenvalue weighted by atomic mass is 10.1. The molecule has 0 bridgehead atoms. The Hall–Kier alpha value is -2.73. The highest BCUT2D eigenvalue weighted by atomic mass is 35.5. The van der Waals surface area contributed by atoms with Crippen LogP contribution >= 0.6 is 11.6 Å².